The number of phenols is 1. The van der Waals surface area contributed by atoms with Crippen molar-refractivity contribution < 1.29 is 9.90 Å². The summed E-state index contributed by atoms with van der Waals surface area (Å²) in [4.78, 5) is 16.6. The highest BCUT2D eigenvalue weighted by atomic mass is 16.3. The van der Waals surface area contributed by atoms with Crippen LogP contribution in [0.15, 0.2) is 18.3 Å². The van der Waals surface area contributed by atoms with Gasteiger partial charge in [0.1, 0.15) is 11.3 Å². The number of carbonyl (C=O) groups excluding carboxylic acids is 1. The molecule has 7 heteroatoms. The van der Waals surface area contributed by atoms with Crippen LogP contribution in [0, 0.1) is 13.8 Å². The van der Waals surface area contributed by atoms with Crippen molar-refractivity contribution >= 4 is 17.2 Å². The second-order valence-corrected chi connectivity index (χ2v) is 7.55. The number of amides is 1. The number of aryl methyl sites for hydroxylation is 1. The van der Waals surface area contributed by atoms with Gasteiger partial charge in [-0.25, -0.2) is 9.50 Å². The number of aromatic hydroxyl groups is 1. The zero-order valence-corrected chi connectivity index (χ0v) is 15.6. The third-order valence-corrected chi connectivity index (χ3v) is 4.50. The normalized spacial score (nSPS) is 11.9. The van der Waals surface area contributed by atoms with E-state index in [2.05, 4.69) is 10.1 Å². The number of anilines is 1. The Bertz CT molecular complexity index is 1040. The summed E-state index contributed by atoms with van der Waals surface area (Å²) >= 11 is 0. The van der Waals surface area contributed by atoms with Crippen LogP contribution in [0.25, 0.3) is 16.8 Å². The molecule has 1 aromatic carbocycles. The molecule has 0 saturated heterocycles. The Morgan fingerprint density at radius 2 is 1.88 bits per heavy atom. The third-order valence-electron chi connectivity index (χ3n) is 4.50. The van der Waals surface area contributed by atoms with Gasteiger partial charge >= 0.3 is 0 Å². The van der Waals surface area contributed by atoms with Gasteiger partial charge in [0.05, 0.1) is 5.69 Å². The molecule has 136 valence electrons. The molecule has 2 aromatic heterocycles. The summed E-state index contributed by atoms with van der Waals surface area (Å²) < 4.78 is 1.54. The van der Waals surface area contributed by atoms with E-state index in [0.717, 1.165) is 11.1 Å². The Morgan fingerprint density at radius 1 is 1.23 bits per heavy atom. The van der Waals surface area contributed by atoms with Gasteiger partial charge in [0, 0.05) is 17.2 Å². The van der Waals surface area contributed by atoms with E-state index in [9.17, 15) is 9.90 Å². The molecule has 7 nitrogen and oxygen atoms in total. The molecule has 3 rings (SSSR count). The van der Waals surface area contributed by atoms with Crippen molar-refractivity contribution in [3.8, 4) is 16.9 Å². The van der Waals surface area contributed by atoms with Crippen LogP contribution in [0.4, 0.5) is 5.69 Å². The van der Waals surface area contributed by atoms with E-state index in [1.165, 1.54) is 4.52 Å². The number of phenolic OH excluding ortho intramolecular Hbond substituents is 1. The van der Waals surface area contributed by atoms with E-state index in [1.807, 2.05) is 27.7 Å². The largest absolute Gasteiger partial charge is 0.508 e. The van der Waals surface area contributed by atoms with Crippen LogP contribution in [0.2, 0.25) is 0 Å². The molecule has 26 heavy (non-hydrogen) atoms. The van der Waals surface area contributed by atoms with Crippen molar-refractivity contribution in [3.63, 3.8) is 0 Å². The highest BCUT2D eigenvalue weighted by Crippen LogP contribution is 2.38. The average Bonchev–Trinajstić information content (AvgIpc) is 2.95. The standard InChI is InChI=1S/C19H23N5O2/c1-9-6-7-12(25)10(2)13(9)11-8-24-17(14(15(11)20)16(21)26)22-18(23-24)19(3,4)5/h6-8,25H,20H2,1-5H3,(H2,21,26). The van der Waals surface area contributed by atoms with Crippen LogP contribution in [0.3, 0.4) is 0 Å². The second kappa shape index (κ2) is 5.72. The lowest BCUT2D eigenvalue weighted by molar-refractivity contribution is 0.100. The monoisotopic (exact) mass is 353 g/mol. The summed E-state index contributed by atoms with van der Waals surface area (Å²) in [6, 6.07) is 3.43. The number of fused-ring (bicyclic) bond motifs is 1. The molecule has 0 spiro atoms. The van der Waals surface area contributed by atoms with E-state index >= 15 is 0 Å². The van der Waals surface area contributed by atoms with Crippen LogP contribution in [-0.2, 0) is 5.41 Å². The smallest absolute Gasteiger partial charge is 0.254 e. The number of rotatable bonds is 2. The number of hydrogen-bond acceptors (Lipinski definition) is 5. The Hall–Kier alpha value is -3.09. The Kier molecular flexibility index (Phi) is 3.90. The highest BCUT2D eigenvalue weighted by molar-refractivity contribution is 6.07. The molecule has 0 saturated carbocycles. The maximum atomic E-state index is 12.1. The molecule has 3 aromatic rings. The minimum atomic E-state index is -0.669. The molecular formula is C19H23N5O2. The van der Waals surface area contributed by atoms with Crippen LogP contribution < -0.4 is 11.5 Å². The first-order chi connectivity index (χ1) is 12.0. The van der Waals surface area contributed by atoms with E-state index in [-0.39, 0.29) is 22.4 Å². The number of primary amides is 1. The number of benzene rings is 1. The number of pyridine rings is 1. The van der Waals surface area contributed by atoms with Gasteiger partial charge in [-0.1, -0.05) is 26.8 Å². The van der Waals surface area contributed by atoms with Gasteiger partial charge in [0.25, 0.3) is 5.91 Å². The van der Waals surface area contributed by atoms with Crippen molar-refractivity contribution in [2.75, 3.05) is 5.73 Å². The molecule has 0 atom stereocenters. The summed E-state index contributed by atoms with van der Waals surface area (Å²) in [5.74, 6) is 0.0678. The quantitative estimate of drug-likeness (QED) is 0.654. The summed E-state index contributed by atoms with van der Waals surface area (Å²) in [5, 5.41) is 14.6. The SMILES string of the molecule is Cc1ccc(O)c(C)c1-c1cn2nc(C(C)(C)C)nc2c(C(N)=O)c1N. The number of nitrogens with two attached hydrogens (primary N) is 2. The molecule has 0 fully saturated rings. The van der Waals surface area contributed by atoms with Gasteiger partial charge < -0.3 is 16.6 Å². The highest BCUT2D eigenvalue weighted by Gasteiger charge is 2.25. The van der Waals surface area contributed by atoms with Crippen LogP contribution in [0.5, 0.6) is 5.75 Å². The first-order valence-electron chi connectivity index (χ1n) is 8.31. The summed E-state index contributed by atoms with van der Waals surface area (Å²) in [5.41, 5.74) is 15.2. The van der Waals surface area contributed by atoms with Crippen LogP contribution in [0.1, 0.15) is 48.1 Å². The molecule has 0 aliphatic heterocycles. The first kappa shape index (κ1) is 17.7. The van der Waals surface area contributed by atoms with Gasteiger partial charge in [0.15, 0.2) is 11.5 Å². The van der Waals surface area contributed by atoms with Crippen molar-refractivity contribution in [3.05, 3.63) is 40.8 Å². The molecule has 0 radical (unpaired) electrons. The van der Waals surface area contributed by atoms with E-state index in [4.69, 9.17) is 11.5 Å². The fourth-order valence-electron chi connectivity index (χ4n) is 3.04. The van der Waals surface area contributed by atoms with E-state index in [1.54, 1.807) is 25.3 Å². The first-order valence-corrected chi connectivity index (χ1v) is 8.31. The average molecular weight is 353 g/mol. The molecule has 0 bridgehead atoms. The van der Waals surface area contributed by atoms with Gasteiger partial charge in [0.2, 0.25) is 0 Å². The minimum Gasteiger partial charge on any atom is -0.508 e. The van der Waals surface area contributed by atoms with Gasteiger partial charge in [-0.2, -0.15) is 5.10 Å². The van der Waals surface area contributed by atoms with Crippen molar-refractivity contribution in [2.45, 2.75) is 40.0 Å². The molecule has 2 heterocycles. The second-order valence-electron chi connectivity index (χ2n) is 7.55. The van der Waals surface area contributed by atoms with Crippen molar-refractivity contribution in [1.82, 2.24) is 14.6 Å². The Balaban J connectivity index is 2.44. The summed E-state index contributed by atoms with van der Waals surface area (Å²) in [6.45, 7) is 9.67. The molecule has 0 aliphatic rings. The van der Waals surface area contributed by atoms with Gasteiger partial charge in [-0.05, 0) is 36.6 Å². The number of hydrogen-bond donors (Lipinski definition) is 3. The maximum Gasteiger partial charge on any atom is 0.254 e. The van der Waals surface area contributed by atoms with Gasteiger partial charge in [-0.15, -0.1) is 0 Å². The molecule has 0 aliphatic carbocycles. The fourth-order valence-corrected chi connectivity index (χ4v) is 3.04. The lowest BCUT2D eigenvalue weighted by atomic mass is 9.93. The number of nitrogen functional groups attached to an aromatic ring is 1. The van der Waals surface area contributed by atoms with E-state index in [0.29, 0.717) is 22.6 Å². The lowest BCUT2D eigenvalue weighted by Crippen LogP contribution is -2.17. The molecule has 0 unspecified atom stereocenters. The predicted molar refractivity (Wildman–Crippen MR) is 101 cm³/mol. The van der Waals surface area contributed by atoms with E-state index < -0.39 is 5.91 Å². The third kappa shape index (κ3) is 2.65. The fraction of sp³-hybridized carbons (Fsp3) is 0.316. The zero-order chi connectivity index (χ0) is 19.4. The molecule has 5 N–H and O–H groups in total. The predicted octanol–water partition coefficient (Wildman–Crippen LogP) is 2.70. The maximum absolute atomic E-state index is 12.1. The zero-order valence-electron chi connectivity index (χ0n) is 15.6. The number of carbonyl (C=O) groups is 1. The van der Waals surface area contributed by atoms with Crippen molar-refractivity contribution in [1.29, 1.82) is 0 Å². The Morgan fingerprint density at radius 3 is 2.46 bits per heavy atom. The van der Waals surface area contributed by atoms with Gasteiger partial charge in [-0.3, -0.25) is 4.79 Å². The summed E-state index contributed by atoms with van der Waals surface area (Å²) in [7, 11) is 0. The number of aromatic nitrogens is 3. The van der Waals surface area contributed by atoms with Crippen molar-refractivity contribution in [2.24, 2.45) is 5.73 Å². The summed E-state index contributed by atoms with van der Waals surface area (Å²) in [6.07, 6.45) is 1.73. The Labute approximate surface area is 151 Å². The molecular weight excluding hydrogens is 330 g/mol. The number of nitrogens with zero attached hydrogens (tertiary/aromatic N) is 3. The topological polar surface area (TPSA) is 120 Å². The lowest BCUT2D eigenvalue weighted by Gasteiger charge is -2.15. The molecule has 1 amide bonds. The van der Waals surface area contributed by atoms with Crippen LogP contribution in [-0.4, -0.2) is 25.6 Å². The minimum absolute atomic E-state index is 0.132. The van der Waals surface area contributed by atoms with Crippen LogP contribution >= 0.6 is 0 Å².